The van der Waals surface area contributed by atoms with Crippen molar-refractivity contribution in [3.05, 3.63) is 23.8 Å². The van der Waals surface area contributed by atoms with Crippen LogP contribution in [-0.4, -0.2) is 53.0 Å². The SMILES string of the molecule is CC(C)(C)OC(=O)CC1(O)CCN(C(=O)Cc2ccc3c(c2)OCO3)CC1. The van der Waals surface area contributed by atoms with Gasteiger partial charge in [-0.2, -0.15) is 0 Å². The lowest BCUT2D eigenvalue weighted by molar-refractivity contribution is -0.162. The highest BCUT2D eigenvalue weighted by atomic mass is 16.7. The number of ether oxygens (including phenoxy) is 3. The summed E-state index contributed by atoms with van der Waals surface area (Å²) in [7, 11) is 0. The van der Waals surface area contributed by atoms with Crippen LogP contribution in [0.25, 0.3) is 0 Å². The number of piperidine rings is 1. The monoisotopic (exact) mass is 377 g/mol. The molecule has 0 aromatic heterocycles. The number of benzene rings is 1. The maximum absolute atomic E-state index is 12.6. The van der Waals surface area contributed by atoms with E-state index >= 15 is 0 Å². The molecule has 1 aromatic rings. The summed E-state index contributed by atoms with van der Waals surface area (Å²) in [5, 5.41) is 10.7. The topological polar surface area (TPSA) is 85.3 Å². The Kier molecular flexibility index (Phi) is 5.33. The number of hydrogen-bond donors (Lipinski definition) is 1. The van der Waals surface area contributed by atoms with E-state index in [0.29, 0.717) is 37.4 Å². The summed E-state index contributed by atoms with van der Waals surface area (Å²) in [6, 6.07) is 5.48. The Hall–Kier alpha value is -2.28. The van der Waals surface area contributed by atoms with Crippen LogP contribution in [0.15, 0.2) is 18.2 Å². The van der Waals surface area contributed by atoms with Gasteiger partial charge in [-0.25, -0.2) is 0 Å². The molecule has 0 unspecified atom stereocenters. The molecular weight excluding hydrogens is 350 g/mol. The number of nitrogens with zero attached hydrogens (tertiary/aromatic N) is 1. The van der Waals surface area contributed by atoms with Gasteiger partial charge in [0.1, 0.15) is 5.60 Å². The van der Waals surface area contributed by atoms with Gasteiger partial charge >= 0.3 is 5.97 Å². The number of aliphatic hydroxyl groups is 1. The van der Waals surface area contributed by atoms with E-state index in [2.05, 4.69) is 0 Å². The van der Waals surface area contributed by atoms with Crippen LogP contribution >= 0.6 is 0 Å². The summed E-state index contributed by atoms with van der Waals surface area (Å²) in [4.78, 5) is 26.3. The van der Waals surface area contributed by atoms with E-state index in [1.165, 1.54) is 0 Å². The van der Waals surface area contributed by atoms with Crippen molar-refractivity contribution in [2.24, 2.45) is 0 Å². The molecule has 0 atom stereocenters. The molecule has 0 aliphatic carbocycles. The average molecular weight is 377 g/mol. The van der Waals surface area contributed by atoms with Gasteiger partial charge in [-0.15, -0.1) is 0 Å². The number of carbonyl (C=O) groups is 2. The Morgan fingerprint density at radius 2 is 1.85 bits per heavy atom. The Labute approximate surface area is 159 Å². The van der Waals surface area contributed by atoms with Crippen LogP contribution in [0.2, 0.25) is 0 Å². The number of rotatable bonds is 4. The smallest absolute Gasteiger partial charge is 0.309 e. The molecule has 7 nitrogen and oxygen atoms in total. The Bertz CT molecular complexity index is 716. The zero-order valence-electron chi connectivity index (χ0n) is 16.1. The fourth-order valence-electron chi connectivity index (χ4n) is 3.33. The minimum atomic E-state index is -1.11. The van der Waals surface area contributed by atoms with E-state index in [1.807, 2.05) is 12.1 Å². The molecule has 0 bridgehead atoms. The number of hydrogen-bond acceptors (Lipinski definition) is 6. The molecule has 0 spiro atoms. The third kappa shape index (κ3) is 5.13. The van der Waals surface area contributed by atoms with E-state index in [0.717, 1.165) is 5.56 Å². The Balaban J connectivity index is 1.51. The summed E-state index contributed by atoms with van der Waals surface area (Å²) in [6.45, 7) is 6.44. The minimum Gasteiger partial charge on any atom is -0.460 e. The summed E-state index contributed by atoms with van der Waals surface area (Å²) in [5.41, 5.74) is -0.828. The van der Waals surface area contributed by atoms with Crippen LogP contribution < -0.4 is 9.47 Å². The molecule has 148 valence electrons. The molecule has 1 aromatic carbocycles. The zero-order valence-corrected chi connectivity index (χ0v) is 16.1. The lowest BCUT2D eigenvalue weighted by Crippen LogP contribution is -2.48. The largest absolute Gasteiger partial charge is 0.460 e. The highest BCUT2D eigenvalue weighted by Gasteiger charge is 2.37. The van der Waals surface area contributed by atoms with Crippen LogP contribution in [-0.2, 0) is 20.7 Å². The maximum atomic E-state index is 12.6. The lowest BCUT2D eigenvalue weighted by atomic mass is 9.88. The second-order valence-electron chi connectivity index (χ2n) is 8.23. The molecule has 0 saturated carbocycles. The minimum absolute atomic E-state index is 0.00631. The van der Waals surface area contributed by atoms with Crippen molar-refractivity contribution >= 4 is 11.9 Å². The summed E-state index contributed by atoms with van der Waals surface area (Å²) in [5.74, 6) is 0.931. The van der Waals surface area contributed by atoms with Gasteiger partial charge < -0.3 is 24.2 Å². The molecule has 0 radical (unpaired) electrons. The van der Waals surface area contributed by atoms with E-state index in [-0.39, 0.29) is 25.5 Å². The molecule has 2 aliphatic rings. The second-order valence-corrected chi connectivity index (χ2v) is 8.23. The van der Waals surface area contributed by atoms with Gasteiger partial charge in [-0.1, -0.05) is 6.07 Å². The first kappa shape index (κ1) is 19.5. The third-order valence-electron chi connectivity index (χ3n) is 4.73. The van der Waals surface area contributed by atoms with Crippen LogP contribution in [0.3, 0.4) is 0 Å². The van der Waals surface area contributed by atoms with Gasteiger partial charge in [0.2, 0.25) is 12.7 Å². The second kappa shape index (κ2) is 7.38. The van der Waals surface area contributed by atoms with Crippen molar-refractivity contribution in [3.8, 4) is 11.5 Å². The van der Waals surface area contributed by atoms with Crippen LogP contribution in [0.5, 0.6) is 11.5 Å². The van der Waals surface area contributed by atoms with Crippen molar-refractivity contribution < 1.29 is 28.9 Å². The number of esters is 1. The Morgan fingerprint density at radius 1 is 1.19 bits per heavy atom. The van der Waals surface area contributed by atoms with Crippen LogP contribution in [0.1, 0.15) is 45.6 Å². The van der Waals surface area contributed by atoms with Crippen LogP contribution in [0.4, 0.5) is 0 Å². The van der Waals surface area contributed by atoms with Crippen molar-refractivity contribution in [1.29, 1.82) is 0 Å². The predicted molar refractivity (Wildman–Crippen MR) is 97.5 cm³/mol. The first-order valence-corrected chi connectivity index (χ1v) is 9.24. The van der Waals surface area contributed by atoms with Gasteiger partial charge in [-0.3, -0.25) is 9.59 Å². The first-order valence-electron chi connectivity index (χ1n) is 9.24. The fraction of sp³-hybridized carbons (Fsp3) is 0.600. The van der Waals surface area contributed by atoms with E-state index in [1.54, 1.807) is 31.7 Å². The van der Waals surface area contributed by atoms with Crippen molar-refractivity contribution in [2.75, 3.05) is 19.9 Å². The first-order chi connectivity index (χ1) is 12.6. The van der Waals surface area contributed by atoms with E-state index < -0.39 is 17.2 Å². The van der Waals surface area contributed by atoms with Crippen molar-refractivity contribution in [3.63, 3.8) is 0 Å². The number of amides is 1. The lowest BCUT2D eigenvalue weighted by Gasteiger charge is -2.38. The van der Waals surface area contributed by atoms with E-state index in [9.17, 15) is 14.7 Å². The molecule has 27 heavy (non-hydrogen) atoms. The van der Waals surface area contributed by atoms with Gasteiger partial charge in [0.25, 0.3) is 0 Å². The fourth-order valence-corrected chi connectivity index (χ4v) is 3.33. The van der Waals surface area contributed by atoms with Gasteiger partial charge in [0, 0.05) is 13.1 Å². The third-order valence-corrected chi connectivity index (χ3v) is 4.73. The van der Waals surface area contributed by atoms with Crippen molar-refractivity contribution in [1.82, 2.24) is 4.90 Å². The molecule has 7 heteroatoms. The molecule has 2 aliphatic heterocycles. The number of fused-ring (bicyclic) bond motifs is 1. The highest BCUT2D eigenvalue weighted by Crippen LogP contribution is 2.33. The van der Waals surface area contributed by atoms with Gasteiger partial charge in [-0.05, 0) is 51.3 Å². The summed E-state index contributed by atoms with van der Waals surface area (Å²) in [6.07, 6.45) is 0.938. The molecule has 1 amide bonds. The quantitative estimate of drug-likeness (QED) is 0.809. The number of carbonyl (C=O) groups excluding carboxylic acids is 2. The predicted octanol–water partition coefficient (Wildman–Crippen LogP) is 2.04. The Morgan fingerprint density at radius 3 is 2.52 bits per heavy atom. The highest BCUT2D eigenvalue weighted by molar-refractivity contribution is 5.79. The molecule has 1 fully saturated rings. The van der Waals surface area contributed by atoms with Gasteiger partial charge in [0.05, 0.1) is 18.4 Å². The molecule has 3 rings (SSSR count). The van der Waals surface area contributed by atoms with E-state index in [4.69, 9.17) is 14.2 Å². The molecular formula is C20H27NO6. The summed E-state index contributed by atoms with van der Waals surface area (Å²) >= 11 is 0. The van der Waals surface area contributed by atoms with Gasteiger partial charge in [0.15, 0.2) is 11.5 Å². The normalized spacial score (nSPS) is 18.3. The zero-order chi connectivity index (χ0) is 19.7. The average Bonchev–Trinajstić information content (AvgIpc) is 3.00. The van der Waals surface area contributed by atoms with Crippen molar-refractivity contribution in [2.45, 2.75) is 57.7 Å². The molecule has 1 saturated heterocycles. The maximum Gasteiger partial charge on any atom is 0.309 e. The van der Waals surface area contributed by atoms with Crippen LogP contribution in [0, 0.1) is 0 Å². The molecule has 2 heterocycles. The molecule has 1 N–H and O–H groups in total. The number of likely N-dealkylation sites (tertiary alicyclic amines) is 1. The standard InChI is InChI=1S/C20H27NO6/c1-19(2,3)27-18(23)12-20(24)6-8-21(9-7-20)17(22)11-14-4-5-15-16(10-14)26-13-25-15/h4-5,10,24H,6-9,11-13H2,1-3H3. The summed E-state index contributed by atoms with van der Waals surface area (Å²) < 4.78 is 15.9.